The van der Waals surface area contributed by atoms with Crippen molar-refractivity contribution in [2.75, 3.05) is 5.73 Å². The molecule has 1 unspecified atom stereocenters. The van der Waals surface area contributed by atoms with Gasteiger partial charge in [-0.3, -0.25) is 4.79 Å². The minimum Gasteiger partial charge on any atom is -0.463 e. The van der Waals surface area contributed by atoms with Crippen molar-refractivity contribution in [3.8, 4) is 0 Å². The van der Waals surface area contributed by atoms with Crippen molar-refractivity contribution in [2.24, 2.45) is 0 Å². The Kier molecular flexibility index (Phi) is 3.72. The van der Waals surface area contributed by atoms with Crippen LogP contribution >= 0.6 is 0 Å². The molecule has 0 saturated heterocycles. The molecule has 3 nitrogen and oxygen atoms in total. The number of anilines is 1. The molecule has 0 spiro atoms. The zero-order valence-electron chi connectivity index (χ0n) is 9.36. The van der Waals surface area contributed by atoms with E-state index in [9.17, 15) is 4.79 Å². The SMILES string of the molecule is CC(C)OC(=O)C(C)c1ccccc1N. The Morgan fingerprint density at radius 3 is 2.40 bits per heavy atom. The van der Waals surface area contributed by atoms with Crippen molar-refractivity contribution >= 4 is 11.7 Å². The van der Waals surface area contributed by atoms with Crippen molar-refractivity contribution in [1.82, 2.24) is 0 Å². The van der Waals surface area contributed by atoms with Crippen molar-refractivity contribution in [3.05, 3.63) is 29.8 Å². The molecule has 1 atom stereocenters. The van der Waals surface area contributed by atoms with Crippen LogP contribution in [0.25, 0.3) is 0 Å². The second-order valence-corrected chi connectivity index (χ2v) is 3.84. The number of hydrogen-bond donors (Lipinski definition) is 1. The lowest BCUT2D eigenvalue weighted by Crippen LogP contribution is -2.18. The van der Waals surface area contributed by atoms with Gasteiger partial charge in [-0.15, -0.1) is 0 Å². The van der Waals surface area contributed by atoms with E-state index in [0.717, 1.165) is 5.56 Å². The van der Waals surface area contributed by atoms with Crippen LogP contribution in [0.3, 0.4) is 0 Å². The van der Waals surface area contributed by atoms with Gasteiger partial charge in [-0.1, -0.05) is 18.2 Å². The van der Waals surface area contributed by atoms with E-state index in [-0.39, 0.29) is 18.0 Å². The number of carbonyl (C=O) groups is 1. The highest BCUT2D eigenvalue weighted by atomic mass is 16.5. The molecule has 0 fully saturated rings. The molecule has 15 heavy (non-hydrogen) atoms. The van der Waals surface area contributed by atoms with E-state index in [1.165, 1.54) is 0 Å². The van der Waals surface area contributed by atoms with Crippen molar-refractivity contribution in [1.29, 1.82) is 0 Å². The number of ether oxygens (including phenoxy) is 1. The predicted molar refractivity (Wildman–Crippen MR) is 60.5 cm³/mol. The molecule has 0 aliphatic rings. The standard InChI is InChI=1S/C12H17NO2/c1-8(2)15-12(14)9(3)10-6-4-5-7-11(10)13/h4-9H,13H2,1-3H3. The molecule has 0 heterocycles. The van der Waals surface area contributed by atoms with Gasteiger partial charge in [0.05, 0.1) is 12.0 Å². The quantitative estimate of drug-likeness (QED) is 0.611. The lowest BCUT2D eigenvalue weighted by atomic mass is 10.00. The largest absolute Gasteiger partial charge is 0.463 e. The molecule has 82 valence electrons. The normalized spacial score (nSPS) is 12.5. The van der Waals surface area contributed by atoms with Gasteiger partial charge in [0.2, 0.25) is 0 Å². The molecule has 1 rings (SSSR count). The lowest BCUT2D eigenvalue weighted by Gasteiger charge is -2.15. The summed E-state index contributed by atoms with van der Waals surface area (Å²) in [5.74, 6) is -0.545. The van der Waals surface area contributed by atoms with E-state index in [2.05, 4.69) is 0 Å². The van der Waals surface area contributed by atoms with Crippen LogP contribution in [0.15, 0.2) is 24.3 Å². The van der Waals surface area contributed by atoms with Gasteiger partial charge in [-0.25, -0.2) is 0 Å². The van der Waals surface area contributed by atoms with Crippen molar-refractivity contribution in [2.45, 2.75) is 32.8 Å². The summed E-state index contributed by atoms with van der Waals surface area (Å²) >= 11 is 0. The van der Waals surface area contributed by atoms with Crippen LogP contribution in [0.4, 0.5) is 5.69 Å². The van der Waals surface area contributed by atoms with E-state index < -0.39 is 0 Å². The summed E-state index contributed by atoms with van der Waals surface area (Å²) in [5, 5.41) is 0. The molecule has 0 amide bonds. The van der Waals surface area contributed by atoms with Crippen LogP contribution in [0, 0.1) is 0 Å². The van der Waals surface area contributed by atoms with Crippen LogP contribution in [0.1, 0.15) is 32.3 Å². The molecule has 2 N–H and O–H groups in total. The molecule has 0 bridgehead atoms. The number of rotatable bonds is 3. The molecule has 1 aromatic rings. The lowest BCUT2D eigenvalue weighted by molar-refractivity contribution is -0.148. The summed E-state index contributed by atoms with van der Waals surface area (Å²) in [4.78, 5) is 11.6. The summed E-state index contributed by atoms with van der Waals surface area (Å²) in [6.07, 6.45) is -0.0927. The number of nitrogen functional groups attached to an aromatic ring is 1. The zero-order chi connectivity index (χ0) is 11.4. The van der Waals surface area contributed by atoms with Gasteiger partial charge in [-0.2, -0.15) is 0 Å². The molecule has 0 aliphatic heterocycles. The Bertz CT molecular complexity index is 347. The van der Waals surface area contributed by atoms with Crippen LogP contribution in [0.2, 0.25) is 0 Å². The first-order valence-corrected chi connectivity index (χ1v) is 5.07. The number of nitrogens with two attached hydrogens (primary N) is 1. The Morgan fingerprint density at radius 2 is 1.87 bits per heavy atom. The molecule has 0 aliphatic carbocycles. The molecular formula is C12H17NO2. The topological polar surface area (TPSA) is 52.3 Å². The van der Waals surface area contributed by atoms with E-state index in [1.54, 1.807) is 13.0 Å². The summed E-state index contributed by atoms with van der Waals surface area (Å²) in [6.45, 7) is 5.47. The van der Waals surface area contributed by atoms with Crippen LogP contribution in [0.5, 0.6) is 0 Å². The maximum Gasteiger partial charge on any atom is 0.313 e. The van der Waals surface area contributed by atoms with Crippen molar-refractivity contribution in [3.63, 3.8) is 0 Å². The Hall–Kier alpha value is -1.51. The van der Waals surface area contributed by atoms with Gasteiger partial charge < -0.3 is 10.5 Å². The van der Waals surface area contributed by atoms with Gasteiger partial charge >= 0.3 is 5.97 Å². The molecule has 0 aromatic heterocycles. The Morgan fingerprint density at radius 1 is 1.27 bits per heavy atom. The second kappa shape index (κ2) is 4.82. The highest BCUT2D eigenvalue weighted by Crippen LogP contribution is 2.23. The van der Waals surface area contributed by atoms with Crippen LogP contribution < -0.4 is 5.73 Å². The van der Waals surface area contributed by atoms with Crippen LogP contribution in [-0.4, -0.2) is 12.1 Å². The number of esters is 1. The van der Waals surface area contributed by atoms with Gasteiger partial charge in [0.25, 0.3) is 0 Å². The number of hydrogen-bond acceptors (Lipinski definition) is 3. The van der Waals surface area contributed by atoms with E-state index >= 15 is 0 Å². The first kappa shape index (κ1) is 11.6. The predicted octanol–water partition coefficient (Wildman–Crippen LogP) is 2.32. The zero-order valence-corrected chi connectivity index (χ0v) is 9.36. The van der Waals surface area contributed by atoms with E-state index in [0.29, 0.717) is 5.69 Å². The molecule has 1 aromatic carbocycles. The van der Waals surface area contributed by atoms with Gasteiger partial charge in [0.15, 0.2) is 0 Å². The molecule has 3 heteroatoms. The summed E-state index contributed by atoms with van der Waals surface area (Å²) in [5.41, 5.74) is 7.23. The maximum atomic E-state index is 11.6. The Balaban J connectivity index is 2.81. The molecule has 0 saturated carbocycles. The fourth-order valence-corrected chi connectivity index (χ4v) is 1.37. The van der Waals surface area contributed by atoms with E-state index in [1.807, 2.05) is 32.0 Å². The van der Waals surface area contributed by atoms with Gasteiger partial charge in [0.1, 0.15) is 0 Å². The first-order chi connectivity index (χ1) is 7.02. The van der Waals surface area contributed by atoms with Gasteiger partial charge in [-0.05, 0) is 32.4 Å². The summed E-state index contributed by atoms with van der Waals surface area (Å²) in [7, 11) is 0. The summed E-state index contributed by atoms with van der Waals surface area (Å²) in [6, 6.07) is 7.35. The van der Waals surface area contributed by atoms with E-state index in [4.69, 9.17) is 10.5 Å². The van der Waals surface area contributed by atoms with Gasteiger partial charge in [0, 0.05) is 5.69 Å². The molecular weight excluding hydrogens is 190 g/mol. The second-order valence-electron chi connectivity index (χ2n) is 3.84. The average molecular weight is 207 g/mol. The maximum absolute atomic E-state index is 11.6. The third-order valence-corrected chi connectivity index (χ3v) is 2.17. The highest BCUT2D eigenvalue weighted by molar-refractivity contribution is 5.80. The third kappa shape index (κ3) is 2.98. The van der Waals surface area contributed by atoms with Crippen LogP contribution in [-0.2, 0) is 9.53 Å². The fraction of sp³-hybridized carbons (Fsp3) is 0.417. The highest BCUT2D eigenvalue weighted by Gasteiger charge is 2.19. The average Bonchev–Trinajstić information content (AvgIpc) is 2.16. The number of para-hydroxylation sites is 1. The Labute approximate surface area is 90.2 Å². The summed E-state index contributed by atoms with van der Waals surface area (Å²) < 4.78 is 5.13. The van der Waals surface area contributed by atoms with Crippen molar-refractivity contribution < 1.29 is 9.53 Å². The first-order valence-electron chi connectivity index (χ1n) is 5.07. The minimum atomic E-state index is -0.311. The number of carbonyl (C=O) groups excluding carboxylic acids is 1. The monoisotopic (exact) mass is 207 g/mol. The smallest absolute Gasteiger partial charge is 0.313 e. The minimum absolute atomic E-state index is 0.0927. The number of benzene rings is 1. The molecule has 0 radical (unpaired) electrons. The fourth-order valence-electron chi connectivity index (χ4n) is 1.37. The third-order valence-electron chi connectivity index (χ3n) is 2.17.